The number of piperazine rings is 1. The molecule has 2 aromatic carbocycles. The Morgan fingerprint density at radius 3 is 2.42 bits per heavy atom. The number of carbonyl (C=O) groups is 1. The fraction of sp³-hybridized carbons (Fsp3) is 0.316. The molecule has 0 saturated carbocycles. The van der Waals surface area contributed by atoms with Crippen LogP contribution in [-0.4, -0.2) is 48.1 Å². The largest absolute Gasteiger partial charge is 0.508 e. The summed E-state index contributed by atoms with van der Waals surface area (Å²) in [4.78, 5) is 16.8. The summed E-state index contributed by atoms with van der Waals surface area (Å²) in [7, 11) is 0. The average Bonchev–Trinajstić information content (AvgIpc) is 2.64. The average molecular weight is 378 g/mol. The monoisotopic (exact) mass is 377 g/mol. The van der Waals surface area contributed by atoms with Gasteiger partial charge < -0.3 is 15.3 Å². The lowest BCUT2D eigenvalue weighted by molar-refractivity contribution is -0.120. The maximum absolute atomic E-state index is 13.1. The van der Waals surface area contributed by atoms with E-state index in [2.05, 4.69) is 15.1 Å². The number of hydrogen-bond donors (Lipinski definition) is 2. The molecule has 0 unspecified atom stereocenters. The molecular formula is C19H21ClFN3O2. The van der Waals surface area contributed by atoms with Gasteiger partial charge in [0.25, 0.3) is 0 Å². The second-order valence-electron chi connectivity index (χ2n) is 6.33. The Hall–Kier alpha value is -2.31. The smallest absolute Gasteiger partial charge is 0.241 e. The number of amides is 1. The van der Waals surface area contributed by atoms with Crippen molar-refractivity contribution in [1.29, 1.82) is 0 Å². The molecule has 3 rings (SSSR count). The van der Waals surface area contributed by atoms with E-state index in [1.165, 1.54) is 18.2 Å². The number of halogens is 2. The van der Waals surface area contributed by atoms with Gasteiger partial charge in [-0.15, -0.1) is 0 Å². The van der Waals surface area contributed by atoms with E-state index in [-0.39, 0.29) is 22.7 Å². The number of nitrogens with one attached hydrogen (secondary N) is 1. The summed E-state index contributed by atoms with van der Waals surface area (Å²) >= 11 is 5.97. The van der Waals surface area contributed by atoms with Crippen LogP contribution in [-0.2, 0) is 4.79 Å². The second-order valence-corrected chi connectivity index (χ2v) is 6.74. The van der Waals surface area contributed by atoms with E-state index >= 15 is 0 Å². The van der Waals surface area contributed by atoms with Crippen molar-refractivity contribution in [3.63, 3.8) is 0 Å². The highest BCUT2D eigenvalue weighted by molar-refractivity contribution is 6.33. The summed E-state index contributed by atoms with van der Waals surface area (Å²) in [6.07, 6.45) is 0. The van der Waals surface area contributed by atoms with Crippen LogP contribution in [0.4, 0.5) is 15.8 Å². The Kier molecular flexibility index (Phi) is 5.64. The molecule has 7 heteroatoms. The highest BCUT2D eigenvalue weighted by atomic mass is 35.5. The van der Waals surface area contributed by atoms with Gasteiger partial charge in [-0.3, -0.25) is 9.69 Å². The number of nitrogens with zero attached hydrogens (tertiary/aromatic N) is 2. The van der Waals surface area contributed by atoms with Crippen LogP contribution in [0, 0.1) is 5.82 Å². The molecule has 0 spiro atoms. The fourth-order valence-corrected chi connectivity index (χ4v) is 3.24. The van der Waals surface area contributed by atoms with Crippen LogP contribution in [0.25, 0.3) is 0 Å². The van der Waals surface area contributed by atoms with E-state index in [0.29, 0.717) is 5.69 Å². The first-order valence-electron chi connectivity index (χ1n) is 8.48. The molecule has 1 atom stereocenters. The minimum atomic E-state index is -0.439. The van der Waals surface area contributed by atoms with E-state index in [4.69, 9.17) is 11.6 Å². The van der Waals surface area contributed by atoms with Crippen molar-refractivity contribution >= 4 is 28.9 Å². The summed E-state index contributed by atoms with van der Waals surface area (Å²) in [5, 5.41) is 12.3. The van der Waals surface area contributed by atoms with Gasteiger partial charge in [0.1, 0.15) is 11.6 Å². The predicted octanol–water partition coefficient (Wildman–Crippen LogP) is 3.33. The summed E-state index contributed by atoms with van der Waals surface area (Å²) in [5.41, 5.74) is 1.46. The molecular weight excluding hydrogens is 357 g/mol. The number of rotatable bonds is 4. The molecule has 1 heterocycles. The Balaban J connectivity index is 1.56. The van der Waals surface area contributed by atoms with Crippen molar-refractivity contribution in [2.45, 2.75) is 13.0 Å². The Labute approximate surface area is 157 Å². The van der Waals surface area contributed by atoms with Crippen molar-refractivity contribution in [1.82, 2.24) is 4.90 Å². The van der Waals surface area contributed by atoms with E-state index in [0.717, 1.165) is 31.9 Å². The van der Waals surface area contributed by atoms with Gasteiger partial charge in [-0.1, -0.05) is 11.6 Å². The number of phenolic OH excluding ortho intramolecular Hbond substituents is 1. The summed E-state index contributed by atoms with van der Waals surface area (Å²) in [6.45, 7) is 4.92. The van der Waals surface area contributed by atoms with Gasteiger partial charge in [0.05, 0.1) is 16.8 Å². The molecule has 1 saturated heterocycles. The molecule has 1 amide bonds. The summed E-state index contributed by atoms with van der Waals surface area (Å²) < 4.78 is 13.1. The molecule has 0 aromatic heterocycles. The lowest BCUT2D eigenvalue weighted by Gasteiger charge is -2.38. The second kappa shape index (κ2) is 7.93. The van der Waals surface area contributed by atoms with Gasteiger partial charge in [0.15, 0.2) is 0 Å². The summed E-state index contributed by atoms with van der Waals surface area (Å²) in [6, 6.07) is 10.7. The SMILES string of the molecule is C[C@@H](C(=O)Nc1ccc(F)cc1Cl)N1CCN(c2ccc(O)cc2)CC1. The maximum Gasteiger partial charge on any atom is 0.241 e. The normalized spacial score (nSPS) is 16.3. The Morgan fingerprint density at radius 1 is 1.15 bits per heavy atom. The minimum absolute atomic E-state index is 0.170. The molecule has 1 aliphatic heterocycles. The van der Waals surface area contributed by atoms with Gasteiger partial charge in [-0.05, 0) is 49.4 Å². The van der Waals surface area contributed by atoms with Gasteiger partial charge in [0.2, 0.25) is 5.91 Å². The summed E-state index contributed by atoms with van der Waals surface area (Å²) in [5.74, 6) is -0.361. The van der Waals surface area contributed by atoms with Crippen LogP contribution in [0.2, 0.25) is 5.02 Å². The standard InChI is InChI=1S/C19H21ClFN3O2/c1-13(19(26)22-18-7-2-14(21)12-17(18)20)23-8-10-24(11-9-23)15-3-5-16(25)6-4-15/h2-7,12-13,25H,8-11H2,1H3,(H,22,26)/t13-/m0/s1. The number of hydrogen-bond acceptors (Lipinski definition) is 4. The zero-order chi connectivity index (χ0) is 18.7. The number of aromatic hydroxyl groups is 1. The molecule has 2 N–H and O–H groups in total. The lowest BCUT2D eigenvalue weighted by Crippen LogP contribution is -2.52. The quantitative estimate of drug-likeness (QED) is 0.858. The molecule has 2 aromatic rings. The van der Waals surface area contributed by atoms with Crippen molar-refractivity contribution in [3.05, 3.63) is 53.3 Å². The minimum Gasteiger partial charge on any atom is -0.508 e. The molecule has 0 radical (unpaired) electrons. The third kappa shape index (κ3) is 4.26. The van der Waals surface area contributed by atoms with Crippen molar-refractivity contribution in [3.8, 4) is 5.75 Å². The van der Waals surface area contributed by atoms with Crippen LogP contribution in [0.15, 0.2) is 42.5 Å². The van der Waals surface area contributed by atoms with E-state index in [1.54, 1.807) is 12.1 Å². The van der Waals surface area contributed by atoms with E-state index in [9.17, 15) is 14.3 Å². The molecule has 0 aliphatic carbocycles. The highest BCUT2D eigenvalue weighted by Gasteiger charge is 2.26. The highest BCUT2D eigenvalue weighted by Crippen LogP contribution is 2.24. The third-order valence-electron chi connectivity index (χ3n) is 4.65. The van der Waals surface area contributed by atoms with Gasteiger partial charge in [-0.25, -0.2) is 4.39 Å². The topological polar surface area (TPSA) is 55.8 Å². The molecule has 5 nitrogen and oxygen atoms in total. The Bertz CT molecular complexity index is 777. The molecule has 26 heavy (non-hydrogen) atoms. The van der Waals surface area contributed by atoms with Crippen molar-refractivity contribution in [2.75, 3.05) is 36.4 Å². The van der Waals surface area contributed by atoms with Crippen molar-refractivity contribution < 1.29 is 14.3 Å². The number of anilines is 2. The van der Waals surface area contributed by atoms with Crippen LogP contribution < -0.4 is 10.2 Å². The predicted molar refractivity (Wildman–Crippen MR) is 101 cm³/mol. The fourth-order valence-electron chi connectivity index (χ4n) is 3.02. The first-order valence-corrected chi connectivity index (χ1v) is 8.86. The van der Waals surface area contributed by atoms with Crippen LogP contribution in [0.3, 0.4) is 0 Å². The number of carbonyl (C=O) groups excluding carboxylic acids is 1. The maximum atomic E-state index is 13.1. The van der Waals surface area contributed by atoms with Gasteiger partial charge in [-0.2, -0.15) is 0 Å². The van der Waals surface area contributed by atoms with Gasteiger partial charge >= 0.3 is 0 Å². The Morgan fingerprint density at radius 2 is 1.81 bits per heavy atom. The van der Waals surface area contributed by atoms with Gasteiger partial charge in [0, 0.05) is 31.9 Å². The third-order valence-corrected chi connectivity index (χ3v) is 4.96. The van der Waals surface area contributed by atoms with Crippen molar-refractivity contribution in [2.24, 2.45) is 0 Å². The first kappa shape index (κ1) is 18.5. The zero-order valence-electron chi connectivity index (χ0n) is 14.5. The molecule has 0 bridgehead atoms. The molecule has 1 fully saturated rings. The van der Waals surface area contributed by atoms with Crippen LogP contribution in [0.1, 0.15) is 6.92 Å². The lowest BCUT2D eigenvalue weighted by atomic mass is 10.2. The molecule has 1 aliphatic rings. The van der Waals surface area contributed by atoms with Crippen LogP contribution >= 0.6 is 11.6 Å². The number of benzene rings is 2. The van der Waals surface area contributed by atoms with E-state index < -0.39 is 5.82 Å². The molecule has 138 valence electrons. The zero-order valence-corrected chi connectivity index (χ0v) is 15.2. The first-order chi connectivity index (χ1) is 12.4. The van der Waals surface area contributed by atoms with Crippen LogP contribution in [0.5, 0.6) is 5.75 Å². The number of phenols is 1. The van der Waals surface area contributed by atoms with E-state index in [1.807, 2.05) is 19.1 Å².